The summed E-state index contributed by atoms with van der Waals surface area (Å²) in [6.45, 7) is 4.21. The van der Waals surface area contributed by atoms with Gasteiger partial charge in [0.25, 0.3) is 0 Å². The van der Waals surface area contributed by atoms with E-state index in [0.717, 1.165) is 20.9 Å². The largest absolute Gasteiger partial charge is 0.387 e. The summed E-state index contributed by atoms with van der Waals surface area (Å²) < 4.78 is 7.54. The SMILES string of the molecule is Cc1ccc(-c2ccc(CC(O)c3cc4sc5cc6c(cc5c4s3)sc3cc(C(O)Cc4ccc(-c5ccc(C)cc5)cc4)sc36)cc2)cc1. The fourth-order valence-electron chi connectivity index (χ4n) is 6.77. The summed E-state index contributed by atoms with van der Waals surface area (Å²) in [5.74, 6) is 0. The van der Waals surface area contributed by atoms with Crippen LogP contribution >= 0.6 is 45.3 Å². The molecule has 2 atom stereocenters. The molecule has 2 N–H and O–H groups in total. The number of aliphatic hydroxyl groups excluding tert-OH is 2. The Bertz CT molecular complexity index is 2430. The fourth-order valence-corrected chi connectivity index (χ4v) is 11.8. The second-order valence-electron chi connectivity index (χ2n) is 13.3. The van der Waals surface area contributed by atoms with Gasteiger partial charge in [0.2, 0.25) is 0 Å². The molecule has 50 heavy (non-hydrogen) atoms. The minimum absolute atomic E-state index is 0.536. The Morgan fingerprint density at radius 3 is 1.12 bits per heavy atom. The lowest BCUT2D eigenvalue weighted by molar-refractivity contribution is 0.182. The van der Waals surface area contributed by atoms with Crippen molar-refractivity contribution in [1.29, 1.82) is 0 Å². The van der Waals surface area contributed by atoms with E-state index in [4.69, 9.17) is 0 Å². The molecule has 4 aromatic heterocycles. The summed E-state index contributed by atoms with van der Waals surface area (Å²) in [6.07, 6.45) is 0.120. The van der Waals surface area contributed by atoms with Crippen molar-refractivity contribution in [3.63, 3.8) is 0 Å². The summed E-state index contributed by atoms with van der Waals surface area (Å²) in [7, 11) is 0. The molecule has 9 aromatic rings. The van der Waals surface area contributed by atoms with Crippen LogP contribution < -0.4 is 0 Å². The van der Waals surface area contributed by atoms with Crippen LogP contribution in [0, 0.1) is 13.8 Å². The maximum absolute atomic E-state index is 11.3. The highest BCUT2D eigenvalue weighted by Gasteiger charge is 2.20. The quantitative estimate of drug-likeness (QED) is 0.164. The lowest BCUT2D eigenvalue weighted by Gasteiger charge is -2.10. The lowest BCUT2D eigenvalue weighted by Crippen LogP contribution is -1.99. The Morgan fingerprint density at radius 1 is 0.420 bits per heavy atom. The lowest BCUT2D eigenvalue weighted by atomic mass is 10.0. The van der Waals surface area contributed by atoms with Crippen LogP contribution in [0.4, 0.5) is 0 Å². The maximum atomic E-state index is 11.3. The van der Waals surface area contributed by atoms with Crippen LogP contribution in [-0.2, 0) is 12.8 Å². The van der Waals surface area contributed by atoms with Gasteiger partial charge in [0, 0.05) is 52.2 Å². The zero-order valence-corrected chi connectivity index (χ0v) is 30.9. The van der Waals surface area contributed by atoms with Gasteiger partial charge in [-0.1, -0.05) is 108 Å². The number of aryl methyl sites for hydroxylation is 2. The first-order valence-electron chi connectivity index (χ1n) is 16.8. The average molecular weight is 723 g/mol. The van der Waals surface area contributed by atoms with Crippen molar-refractivity contribution < 1.29 is 10.2 Å². The van der Waals surface area contributed by atoms with Gasteiger partial charge in [0.05, 0.1) is 21.6 Å². The minimum Gasteiger partial charge on any atom is -0.387 e. The highest BCUT2D eigenvalue weighted by Crippen LogP contribution is 2.47. The summed E-state index contributed by atoms with van der Waals surface area (Å²) in [6, 6.07) is 43.4. The summed E-state index contributed by atoms with van der Waals surface area (Å²) in [5, 5.41) is 25.0. The van der Waals surface area contributed by atoms with Gasteiger partial charge < -0.3 is 10.2 Å². The predicted octanol–water partition coefficient (Wildman–Crippen LogP) is 13.0. The van der Waals surface area contributed by atoms with Gasteiger partial charge in [0.1, 0.15) is 0 Å². The normalized spacial score (nSPS) is 13.2. The van der Waals surface area contributed by atoms with E-state index < -0.39 is 12.2 Å². The molecule has 0 aliphatic carbocycles. The van der Waals surface area contributed by atoms with Crippen LogP contribution in [0.2, 0.25) is 0 Å². The molecule has 0 aliphatic rings. The second kappa shape index (κ2) is 12.9. The Labute approximate surface area is 307 Å². The molecule has 2 unspecified atom stereocenters. The van der Waals surface area contributed by atoms with E-state index in [1.165, 1.54) is 72.4 Å². The zero-order chi connectivity index (χ0) is 33.9. The number of rotatable bonds is 8. The van der Waals surface area contributed by atoms with Crippen molar-refractivity contribution in [2.75, 3.05) is 0 Å². The summed E-state index contributed by atoms with van der Waals surface area (Å²) in [4.78, 5) is 2.04. The molecule has 4 heterocycles. The molecule has 6 heteroatoms. The number of thiophene rings is 4. The van der Waals surface area contributed by atoms with Gasteiger partial charge in [0.15, 0.2) is 0 Å². The number of hydrogen-bond acceptors (Lipinski definition) is 6. The molecule has 0 amide bonds. The molecule has 0 radical (unpaired) electrons. The highest BCUT2D eigenvalue weighted by atomic mass is 32.1. The van der Waals surface area contributed by atoms with Crippen LogP contribution in [0.15, 0.2) is 121 Å². The third kappa shape index (κ3) is 6.00. The molecule has 2 nitrogen and oxygen atoms in total. The molecular formula is C44H34O2S4. The van der Waals surface area contributed by atoms with Crippen LogP contribution in [0.3, 0.4) is 0 Å². The fraction of sp³-hybridized carbons (Fsp3) is 0.136. The molecule has 5 aromatic carbocycles. The van der Waals surface area contributed by atoms with E-state index in [-0.39, 0.29) is 0 Å². The van der Waals surface area contributed by atoms with Crippen LogP contribution in [0.25, 0.3) is 61.2 Å². The van der Waals surface area contributed by atoms with Crippen molar-refractivity contribution in [2.45, 2.75) is 38.9 Å². The maximum Gasteiger partial charge on any atom is 0.0922 e. The van der Waals surface area contributed by atoms with Gasteiger partial charge in [-0.05, 0) is 71.5 Å². The number of benzene rings is 5. The third-order valence-corrected chi connectivity index (χ3v) is 14.6. The van der Waals surface area contributed by atoms with Crippen molar-refractivity contribution in [3.05, 3.63) is 153 Å². The first-order valence-corrected chi connectivity index (χ1v) is 20.1. The molecule has 9 rings (SSSR count). The van der Waals surface area contributed by atoms with Gasteiger partial charge in [-0.25, -0.2) is 0 Å². The highest BCUT2D eigenvalue weighted by molar-refractivity contribution is 7.34. The van der Waals surface area contributed by atoms with E-state index in [2.05, 4.69) is 135 Å². The minimum atomic E-state index is -0.536. The molecule has 246 valence electrons. The summed E-state index contributed by atoms with van der Waals surface area (Å²) >= 11 is 7.06. The van der Waals surface area contributed by atoms with Crippen molar-refractivity contribution in [1.82, 2.24) is 0 Å². The second-order valence-corrected chi connectivity index (χ2v) is 17.6. The smallest absolute Gasteiger partial charge is 0.0922 e. The zero-order valence-electron chi connectivity index (χ0n) is 27.6. The predicted molar refractivity (Wildman–Crippen MR) is 219 cm³/mol. The molecular weight excluding hydrogens is 689 g/mol. The third-order valence-electron chi connectivity index (χ3n) is 9.64. The van der Waals surface area contributed by atoms with Crippen LogP contribution in [-0.4, -0.2) is 10.2 Å². The van der Waals surface area contributed by atoms with Gasteiger partial charge in [-0.3, -0.25) is 0 Å². The van der Waals surface area contributed by atoms with Crippen molar-refractivity contribution in [2.24, 2.45) is 0 Å². The molecule has 0 saturated carbocycles. The molecule has 0 bridgehead atoms. The Hall–Kier alpha value is -4.14. The van der Waals surface area contributed by atoms with Crippen LogP contribution in [0.1, 0.15) is 44.2 Å². The molecule has 0 aliphatic heterocycles. The number of aliphatic hydroxyl groups is 2. The van der Waals surface area contributed by atoms with Crippen molar-refractivity contribution in [3.8, 4) is 22.3 Å². The van der Waals surface area contributed by atoms with E-state index in [0.29, 0.717) is 12.8 Å². The Kier molecular flexibility index (Phi) is 8.19. The van der Waals surface area contributed by atoms with Gasteiger partial charge in [-0.15, -0.1) is 45.3 Å². The number of fused-ring (bicyclic) bond motifs is 6. The van der Waals surface area contributed by atoms with E-state index in [9.17, 15) is 10.2 Å². The van der Waals surface area contributed by atoms with E-state index in [1.54, 1.807) is 22.7 Å². The van der Waals surface area contributed by atoms with Gasteiger partial charge >= 0.3 is 0 Å². The molecule has 0 saturated heterocycles. The molecule has 0 spiro atoms. The Balaban J connectivity index is 0.922. The van der Waals surface area contributed by atoms with Crippen LogP contribution in [0.5, 0.6) is 0 Å². The average Bonchev–Trinajstić information content (AvgIpc) is 3.89. The first-order chi connectivity index (χ1) is 24.3. The monoisotopic (exact) mass is 722 g/mol. The first kappa shape index (κ1) is 31.8. The topological polar surface area (TPSA) is 40.5 Å². The standard InChI is InChI=1S/C44H34O2S4/c1-25-3-11-29(12-4-25)31-15-7-27(8-16-31)19-35(45)39-23-41-43(49-39)33-21-38-34(22-37(33)47-41)44-42(48-38)24-40(50-44)36(46)20-28-9-17-32(18-10-28)30-13-5-26(2)6-14-30/h3-18,21-24,35-36,45-46H,19-20H2,1-2H3. The summed E-state index contributed by atoms with van der Waals surface area (Å²) in [5.41, 5.74) is 9.59. The van der Waals surface area contributed by atoms with Crippen molar-refractivity contribution >= 4 is 84.3 Å². The molecule has 0 fully saturated rings. The van der Waals surface area contributed by atoms with E-state index in [1.807, 2.05) is 22.7 Å². The Morgan fingerprint density at radius 2 is 0.760 bits per heavy atom. The number of hydrogen-bond donors (Lipinski definition) is 2. The van der Waals surface area contributed by atoms with E-state index >= 15 is 0 Å². The van der Waals surface area contributed by atoms with Gasteiger partial charge in [-0.2, -0.15) is 0 Å².